The number of carbonyl (C=O) groups is 1. The topological polar surface area (TPSA) is 91.9 Å². The third-order valence-corrected chi connectivity index (χ3v) is 4.19. The average Bonchev–Trinajstić information content (AvgIpc) is 2.65. The summed E-state index contributed by atoms with van der Waals surface area (Å²) in [5.74, 6) is -1.86. The lowest BCUT2D eigenvalue weighted by molar-refractivity contribution is -0.152. The maximum Gasteiger partial charge on any atom is 0.431 e. The van der Waals surface area contributed by atoms with E-state index in [1.165, 1.54) is 6.92 Å². The number of esters is 1. The number of methoxy groups -OCH3 is 1. The minimum atomic E-state index is -4.96. The van der Waals surface area contributed by atoms with E-state index in [0.717, 1.165) is 32.5 Å². The molecule has 1 aromatic carbocycles. The molecule has 0 saturated carbocycles. The van der Waals surface area contributed by atoms with Gasteiger partial charge in [-0.3, -0.25) is 9.36 Å². The number of benzene rings is 1. The molecule has 0 bridgehead atoms. The van der Waals surface area contributed by atoms with Gasteiger partial charge in [0, 0.05) is 18.7 Å². The number of nitrogens with zero attached hydrogens (tertiary/aromatic N) is 3. The van der Waals surface area contributed by atoms with Crippen molar-refractivity contribution in [3.05, 3.63) is 61.1 Å². The molecular formula is C17H14ClF4N3O5. The summed E-state index contributed by atoms with van der Waals surface area (Å²) >= 11 is 5.89. The molecule has 0 radical (unpaired) electrons. The number of hydrogen-bond donors (Lipinski definition) is 0. The molecule has 162 valence electrons. The van der Waals surface area contributed by atoms with Crippen molar-refractivity contribution in [3.63, 3.8) is 0 Å². The summed E-state index contributed by atoms with van der Waals surface area (Å²) in [6.45, 7) is 1.34. The Morgan fingerprint density at radius 1 is 1.27 bits per heavy atom. The molecule has 8 nitrogen and oxygen atoms in total. The first-order valence-corrected chi connectivity index (χ1v) is 8.43. The zero-order chi connectivity index (χ0) is 22.8. The first kappa shape index (κ1) is 23.1. The number of aromatic nitrogens is 2. The Morgan fingerprint density at radius 3 is 2.47 bits per heavy atom. The number of carbonyl (C=O) groups excluding carboxylic acids is 1. The number of halogens is 5. The first-order chi connectivity index (χ1) is 13.9. The molecule has 1 aromatic heterocycles. The van der Waals surface area contributed by atoms with Crippen LogP contribution in [0.5, 0.6) is 0 Å². The van der Waals surface area contributed by atoms with E-state index >= 15 is 0 Å². The molecule has 1 heterocycles. The highest BCUT2D eigenvalue weighted by molar-refractivity contribution is 6.33. The van der Waals surface area contributed by atoms with Crippen LogP contribution < -0.4 is 11.2 Å². The van der Waals surface area contributed by atoms with E-state index in [2.05, 4.69) is 9.89 Å². The Hall–Kier alpha value is -3.15. The highest BCUT2D eigenvalue weighted by Crippen LogP contribution is 2.27. The fourth-order valence-corrected chi connectivity index (χ4v) is 2.53. The van der Waals surface area contributed by atoms with Crippen LogP contribution in [0.3, 0.4) is 0 Å². The molecule has 0 saturated heterocycles. The van der Waals surface area contributed by atoms with E-state index in [1.54, 1.807) is 0 Å². The van der Waals surface area contributed by atoms with Crippen molar-refractivity contribution in [2.45, 2.75) is 19.2 Å². The fraction of sp³-hybridized carbons (Fsp3) is 0.294. The fourth-order valence-electron chi connectivity index (χ4n) is 2.33. The maximum absolute atomic E-state index is 14.4. The van der Waals surface area contributed by atoms with Gasteiger partial charge in [0.1, 0.15) is 11.5 Å². The normalized spacial score (nSPS) is 12.8. The van der Waals surface area contributed by atoms with Crippen LogP contribution >= 0.6 is 11.6 Å². The van der Waals surface area contributed by atoms with Crippen LogP contribution in [0, 0.1) is 5.82 Å². The molecule has 0 N–H and O–H groups in total. The predicted molar refractivity (Wildman–Crippen MR) is 97.4 cm³/mol. The van der Waals surface area contributed by atoms with Crippen LogP contribution in [0.4, 0.5) is 17.6 Å². The summed E-state index contributed by atoms with van der Waals surface area (Å²) < 4.78 is 58.1. The quantitative estimate of drug-likeness (QED) is 0.301. The van der Waals surface area contributed by atoms with E-state index in [-0.39, 0.29) is 25.8 Å². The monoisotopic (exact) mass is 451 g/mol. The minimum Gasteiger partial charge on any atom is -0.466 e. The maximum atomic E-state index is 14.4. The van der Waals surface area contributed by atoms with E-state index in [9.17, 15) is 31.9 Å². The molecule has 0 aliphatic heterocycles. The zero-order valence-electron chi connectivity index (χ0n) is 15.7. The van der Waals surface area contributed by atoms with Crippen LogP contribution in [-0.2, 0) is 27.6 Å². The molecule has 0 spiro atoms. The highest BCUT2D eigenvalue weighted by Gasteiger charge is 2.35. The highest BCUT2D eigenvalue weighted by atomic mass is 35.5. The lowest BCUT2D eigenvalue weighted by atomic mass is 10.2. The number of ether oxygens (including phenoxy) is 1. The van der Waals surface area contributed by atoms with Gasteiger partial charge in [0.25, 0.3) is 5.56 Å². The number of alkyl halides is 3. The van der Waals surface area contributed by atoms with Crippen molar-refractivity contribution in [1.29, 1.82) is 0 Å². The van der Waals surface area contributed by atoms with E-state index in [4.69, 9.17) is 16.4 Å². The average molecular weight is 452 g/mol. The van der Waals surface area contributed by atoms with Crippen LogP contribution in [0.25, 0.3) is 5.69 Å². The van der Waals surface area contributed by atoms with Crippen molar-refractivity contribution >= 4 is 23.8 Å². The second-order valence-electron chi connectivity index (χ2n) is 5.87. The Balaban J connectivity index is 2.56. The lowest BCUT2D eigenvalue weighted by Gasteiger charge is -2.14. The number of hydrogen-bond acceptors (Lipinski definition) is 6. The lowest BCUT2D eigenvalue weighted by Crippen LogP contribution is -2.41. The van der Waals surface area contributed by atoms with Gasteiger partial charge in [0.15, 0.2) is 0 Å². The Morgan fingerprint density at radius 2 is 1.90 bits per heavy atom. The third-order valence-electron chi connectivity index (χ3n) is 3.86. The molecule has 0 aliphatic carbocycles. The van der Waals surface area contributed by atoms with Gasteiger partial charge in [-0.25, -0.2) is 18.5 Å². The molecule has 0 unspecified atom stereocenters. The largest absolute Gasteiger partial charge is 0.466 e. The second kappa shape index (κ2) is 8.69. The van der Waals surface area contributed by atoms with Crippen LogP contribution in [0.1, 0.15) is 18.2 Å². The van der Waals surface area contributed by atoms with E-state index < -0.39 is 46.7 Å². The van der Waals surface area contributed by atoms with Gasteiger partial charge < -0.3 is 9.57 Å². The van der Waals surface area contributed by atoms with Gasteiger partial charge in [-0.1, -0.05) is 16.8 Å². The third kappa shape index (κ3) is 4.70. The molecule has 0 aliphatic rings. The molecule has 2 aromatic rings. The molecule has 30 heavy (non-hydrogen) atoms. The molecule has 1 atom stereocenters. The van der Waals surface area contributed by atoms with Crippen molar-refractivity contribution < 1.29 is 31.9 Å². The summed E-state index contributed by atoms with van der Waals surface area (Å²) in [6, 6.07) is 1.83. The molecule has 0 fully saturated rings. The van der Waals surface area contributed by atoms with E-state index in [0.29, 0.717) is 0 Å². The van der Waals surface area contributed by atoms with Gasteiger partial charge in [0.05, 0.1) is 24.0 Å². The van der Waals surface area contributed by atoms with Crippen LogP contribution in [0.15, 0.2) is 32.9 Å². The van der Waals surface area contributed by atoms with Gasteiger partial charge in [-0.05, 0) is 19.1 Å². The second-order valence-corrected chi connectivity index (χ2v) is 6.28. The van der Waals surface area contributed by atoms with Gasteiger partial charge in [-0.15, -0.1) is 0 Å². The predicted octanol–water partition coefficient (Wildman–Crippen LogP) is 2.26. The van der Waals surface area contributed by atoms with Crippen LogP contribution in [-0.4, -0.2) is 34.5 Å². The summed E-state index contributed by atoms with van der Waals surface area (Å²) in [6.07, 6.45) is -5.07. The van der Waals surface area contributed by atoms with Crippen molar-refractivity contribution in [3.8, 4) is 5.69 Å². The Bertz CT molecular complexity index is 1120. The van der Waals surface area contributed by atoms with Gasteiger partial charge in [-0.2, -0.15) is 13.2 Å². The standard InChI is InChI=1S/C17H14ClF4N3O5/c1-8(15(27)29-3)30-23-7-9-4-12(11(19)5-10(9)18)25-14(26)6-13(17(20,21)22)24(2)16(25)28/h4-8H,1-3H3/b23-7+/t8-/m1/s1. The minimum absolute atomic E-state index is 0.0426. The van der Waals surface area contributed by atoms with Crippen molar-refractivity contribution in [2.75, 3.05) is 7.11 Å². The summed E-state index contributed by atoms with van der Waals surface area (Å²) in [5, 5.41) is 3.29. The smallest absolute Gasteiger partial charge is 0.431 e. The zero-order valence-corrected chi connectivity index (χ0v) is 16.4. The summed E-state index contributed by atoms with van der Waals surface area (Å²) in [5.41, 5.74) is -5.00. The Kier molecular flexibility index (Phi) is 6.70. The number of oxime groups is 1. The molecule has 2 rings (SSSR count). The van der Waals surface area contributed by atoms with Crippen molar-refractivity contribution in [1.82, 2.24) is 9.13 Å². The molecular weight excluding hydrogens is 438 g/mol. The SMILES string of the molecule is COC(=O)[C@@H](C)O/N=C/c1cc(-n2c(=O)cc(C(F)(F)F)n(C)c2=O)c(F)cc1Cl. The summed E-state index contributed by atoms with van der Waals surface area (Å²) in [4.78, 5) is 40.6. The van der Waals surface area contributed by atoms with Gasteiger partial charge >= 0.3 is 17.8 Å². The molecule has 13 heteroatoms. The van der Waals surface area contributed by atoms with E-state index in [1.807, 2.05) is 0 Å². The Labute approximate surface area is 170 Å². The number of rotatable bonds is 5. The first-order valence-electron chi connectivity index (χ1n) is 8.05. The van der Waals surface area contributed by atoms with Crippen LogP contribution in [0.2, 0.25) is 5.02 Å². The van der Waals surface area contributed by atoms with Gasteiger partial charge in [0.2, 0.25) is 6.10 Å². The van der Waals surface area contributed by atoms with Crippen molar-refractivity contribution in [2.24, 2.45) is 12.2 Å². The molecule has 0 amide bonds. The summed E-state index contributed by atoms with van der Waals surface area (Å²) in [7, 11) is 1.93.